The van der Waals surface area contributed by atoms with Gasteiger partial charge in [0, 0.05) is 12.1 Å². The lowest BCUT2D eigenvalue weighted by molar-refractivity contribution is -0.386. The summed E-state index contributed by atoms with van der Waals surface area (Å²) < 4.78 is 5.19. The minimum atomic E-state index is -0.775. The third kappa shape index (κ3) is 2.78. The Morgan fingerprint density at radius 3 is 2.25 bits per heavy atom. The Balaban J connectivity index is 2.33. The maximum absolute atomic E-state index is 10.8. The maximum Gasteiger partial charge on any atom is 0.368 e. The lowest BCUT2D eigenvalue weighted by Crippen LogP contribution is -1.98. The predicted octanol–water partition coefficient (Wildman–Crippen LogP) is 2.74. The van der Waals surface area contributed by atoms with Crippen molar-refractivity contribution in [2.24, 2.45) is 0 Å². The van der Waals surface area contributed by atoms with E-state index in [4.69, 9.17) is 16.3 Å². The first-order valence-corrected chi connectivity index (χ1v) is 5.44. The first kappa shape index (κ1) is 13.6. The molecule has 0 N–H and O–H groups in total. The Kier molecular flexibility index (Phi) is 3.71. The molecule has 20 heavy (non-hydrogen) atoms. The Bertz CT molecular complexity index is 676. The van der Waals surface area contributed by atoms with Crippen LogP contribution in [0.25, 0.3) is 0 Å². The normalized spacial score (nSPS) is 10.1. The fraction of sp³-hybridized carbons (Fsp3) is 0. The van der Waals surface area contributed by atoms with Crippen LogP contribution in [0, 0.1) is 20.2 Å². The Morgan fingerprint density at radius 2 is 1.70 bits per heavy atom. The zero-order valence-electron chi connectivity index (χ0n) is 9.59. The third-order valence-corrected chi connectivity index (χ3v) is 2.47. The second kappa shape index (κ2) is 5.45. The average Bonchev–Trinajstić information content (AvgIpc) is 2.39. The highest BCUT2D eigenvalue weighted by Crippen LogP contribution is 2.33. The molecule has 0 radical (unpaired) electrons. The molecule has 0 saturated heterocycles. The van der Waals surface area contributed by atoms with Crippen LogP contribution in [0.5, 0.6) is 11.6 Å². The molecule has 9 nitrogen and oxygen atoms in total. The summed E-state index contributed by atoms with van der Waals surface area (Å²) in [6.07, 6.45) is 1.01. The molecular weight excluding hydrogens is 292 g/mol. The van der Waals surface area contributed by atoms with E-state index in [2.05, 4.69) is 9.97 Å². The maximum atomic E-state index is 10.8. The molecule has 0 amide bonds. The van der Waals surface area contributed by atoms with Crippen LogP contribution in [0.4, 0.5) is 11.4 Å². The van der Waals surface area contributed by atoms with Gasteiger partial charge in [-0.3, -0.25) is 20.2 Å². The number of nitro benzene ring substituents is 1. The molecule has 1 aromatic carbocycles. The highest BCUT2D eigenvalue weighted by atomic mass is 35.5. The molecule has 0 aliphatic rings. The topological polar surface area (TPSA) is 121 Å². The average molecular weight is 297 g/mol. The van der Waals surface area contributed by atoms with Gasteiger partial charge in [-0.05, 0) is 12.1 Å². The summed E-state index contributed by atoms with van der Waals surface area (Å²) in [6, 6.07) is 4.98. The third-order valence-electron chi connectivity index (χ3n) is 2.19. The number of nitro groups is 2. The molecule has 0 aliphatic heterocycles. The van der Waals surface area contributed by atoms with Crippen LogP contribution >= 0.6 is 11.6 Å². The predicted molar refractivity (Wildman–Crippen MR) is 66.9 cm³/mol. The Morgan fingerprint density at radius 1 is 1.05 bits per heavy atom. The molecule has 0 bridgehead atoms. The largest absolute Gasteiger partial charge is 0.434 e. The van der Waals surface area contributed by atoms with Crippen LogP contribution in [0.2, 0.25) is 5.15 Å². The first-order chi connectivity index (χ1) is 9.49. The van der Waals surface area contributed by atoms with E-state index < -0.39 is 15.5 Å². The minimum Gasteiger partial charge on any atom is -0.434 e. The number of nitrogens with zero attached hydrogens (tertiary/aromatic N) is 4. The van der Waals surface area contributed by atoms with Gasteiger partial charge in [0.05, 0.1) is 9.85 Å². The molecule has 102 valence electrons. The van der Waals surface area contributed by atoms with E-state index in [1.165, 1.54) is 24.3 Å². The summed E-state index contributed by atoms with van der Waals surface area (Å²) in [6.45, 7) is 0. The van der Waals surface area contributed by atoms with Gasteiger partial charge in [0.1, 0.15) is 12.1 Å². The lowest BCUT2D eigenvalue weighted by atomic mass is 10.3. The lowest BCUT2D eigenvalue weighted by Gasteiger charge is -2.04. The summed E-state index contributed by atoms with van der Waals surface area (Å²) in [7, 11) is 0. The van der Waals surface area contributed by atoms with E-state index in [9.17, 15) is 20.2 Å². The van der Waals surface area contributed by atoms with Gasteiger partial charge in [-0.15, -0.1) is 0 Å². The quantitative estimate of drug-likeness (QED) is 0.483. The van der Waals surface area contributed by atoms with Crippen LogP contribution in [0.3, 0.4) is 0 Å². The van der Waals surface area contributed by atoms with E-state index in [-0.39, 0.29) is 22.5 Å². The number of rotatable bonds is 4. The van der Waals surface area contributed by atoms with Crippen LogP contribution < -0.4 is 4.74 Å². The van der Waals surface area contributed by atoms with Gasteiger partial charge in [-0.25, -0.2) is 4.98 Å². The summed E-state index contributed by atoms with van der Waals surface area (Å²) >= 11 is 5.60. The number of ether oxygens (including phenoxy) is 1. The number of hydrogen-bond donors (Lipinski definition) is 0. The van der Waals surface area contributed by atoms with Gasteiger partial charge in [0.2, 0.25) is 5.15 Å². The van der Waals surface area contributed by atoms with Gasteiger partial charge in [0.25, 0.3) is 5.69 Å². The molecule has 10 heteroatoms. The molecule has 2 aromatic rings. The molecule has 1 heterocycles. The SMILES string of the molecule is O=[N+]([O-])c1ccc(Oc2ncnc(Cl)c2[N+](=O)[O-])cc1. The van der Waals surface area contributed by atoms with E-state index in [0.29, 0.717) is 0 Å². The summed E-state index contributed by atoms with van der Waals surface area (Å²) in [4.78, 5) is 27.1. The molecule has 0 unspecified atom stereocenters. The van der Waals surface area contributed by atoms with Crippen molar-refractivity contribution >= 4 is 23.0 Å². The van der Waals surface area contributed by atoms with Crippen molar-refractivity contribution in [2.75, 3.05) is 0 Å². The molecule has 0 saturated carbocycles. The molecule has 0 fully saturated rings. The number of aromatic nitrogens is 2. The highest BCUT2D eigenvalue weighted by molar-refractivity contribution is 6.31. The second-order valence-electron chi connectivity index (χ2n) is 3.43. The van der Waals surface area contributed by atoms with Crippen molar-refractivity contribution in [3.05, 3.63) is 56.0 Å². The van der Waals surface area contributed by atoms with Crippen molar-refractivity contribution in [1.29, 1.82) is 0 Å². The summed E-state index contributed by atoms with van der Waals surface area (Å²) in [5.41, 5.74) is -0.708. The van der Waals surface area contributed by atoms with Gasteiger partial charge in [-0.2, -0.15) is 4.98 Å². The van der Waals surface area contributed by atoms with Crippen molar-refractivity contribution < 1.29 is 14.6 Å². The van der Waals surface area contributed by atoms with Crippen LogP contribution in [-0.4, -0.2) is 19.8 Å². The van der Waals surface area contributed by atoms with Gasteiger partial charge in [-0.1, -0.05) is 11.6 Å². The minimum absolute atomic E-state index is 0.132. The van der Waals surface area contributed by atoms with E-state index in [1.807, 2.05) is 0 Å². The molecule has 0 aliphatic carbocycles. The monoisotopic (exact) mass is 296 g/mol. The second-order valence-corrected chi connectivity index (χ2v) is 3.79. The number of halogens is 1. The summed E-state index contributed by atoms with van der Waals surface area (Å²) in [5.74, 6) is -0.197. The molecule has 2 rings (SSSR count). The van der Waals surface area contributed by atoms with Gasteiger partial charge >= 0.3 is 11.6 Å². The first-order valence-electron chi connectivity index (χ1n) is 5.06. The highest BCUT2D eigenvalue weighted by Gasteiger charge is 2.23. The van der Waals surface area contributed by atoms with Crippen LogP contribution in [0.1, 0.15) is 0 Å². The van der Waals surface area contributed by atoms with Crippen LogP contribution in [-0.2, 0) is 0 Å². The zero-order valence-corrected chi connectivity index (χ0v) is 10.4. The number of benzene rings is 1. The Hall–Kier alpha value is -2.81. The Labute approximate surface area is 116 Å². The molecule has 1 aromatic heterocycles. The van der Waals surface area contributed by atoms with E-state index >= 15 is 0 Å². The van der Waals surface area contributed by atoms with Gasteiger partial charge < -0.3 is 4.74 Å². The van der Waals surface area contributed by atoms with E-state index in [0.717, 1.165) is 6.33 Å². The zero-order chi connectivity index (χ0) is 14.7. The molecule has 0 atom stereocenters. The number of non-ortho nitro benzene ring substituents is 1. The van der Waals surface area contributed by atoms with Crippen molar-refractivity contribution in [3.8, 4) is 11.6 Å². The standard InChI is InChI=1S/C10H5ClN4O5/c11-9-8(15(18)19)10(13-5-12-9)20-7-3-1-6(2-4-7)14(16)17/h1-5H. The van der Waals surface area contributed by atoms with Crippen molar-refractivity contribution in [3.63, 3.8) is 0 Å². The molecule has 0 spiro atoms. The van der Waals surface area contributed by atoms with Crippen molar-refractivity contribution in [1.82, 2.24) is 9.97 Å². The fourth-order valence-corrected chi connectivity index (χ4v) is 1.51. The fourth-order valence-electron chi connectivity index (χ4n) is 1.32. The van der Waals surface area contributed by atoms with Gasteiger partial charge in [0.15, 0.2) is 0 Å². The van der Waals surface area contributed by atoms with E-state index in [1.54, 1.807) is 0 Å². The van der Waals surface area contributed by atoms with Crippen LogP contribution in [0.15, 0.2) is 30.6 Å². The smallest absolute Gasteiger partial charge is 0.368 e. The van der Waals surface area contributed by atoms with Crippen molar-refractivity contribution in [2.45, 2.75) is 0 Å². The summed E-state index contributed by atoms with van der Waals surface area (Å²) in [5, 5.41) is 21.0. The number of hydrogen-bond acceptors (Lipinski definition) is 7. The molecular formula is C10H5ClN4O5.